The molecule has 2 aromatic rings. The highest BCUT2D eigenvalue weighted by molar-refractivity contribution is 6.53. The second-order valence-corrected chi connectivity index (χ2v) is 11.9. The van der Waals surface area contributed by atoms with Gasteiger partial charge in [-0.15, -0.1) is 23.2 Å². The minimum absolute atomic E-state index is 0.130. The largest absolute Gasteiger partial charge is 0.508 e. The van der Waals surface area contributed by atoms with Crippen molar-refractivity contribution >= 4 is 58.6 Å². The topological polar surface area (TPSA) is 104 Å². The van der Waals surface area contributed by atoms with Crippen molar-refractivity contribution in [2.24, 2.45) is 17.8 Å². The molecule has 6 atom stereocenters. The minimum Gasteiger partial charge on any atom is -0.508 e. The molecule has 3 fully saturated rings. The summed E-state index contributed by atoms with van der Waals surface area (Å²) in [6.07, 6.45) is 3.57. The summed E-state index contributed by atoms with van der Waals surface area (Å²) >= 11 is 14.3. The number of nitrogens with zero attached hydrogens (tertiary/aromatic N) is 2. The maximum atomic E-state index is 14.0. The summed E-state index contributed by atoms with van der Waals surface area (Å²) in [6.45, 7) is 3.74. The summed E-state index contributed by atoms with van der Waals surface area (Å²) in [7, 11) is 2.73. The molecule has 0 aromatic heterocycles. The summed E-state index contributed by atoms with van der Waals surface area (Å²) in [4.78, 5) is 53.0. The van der Waals surface area contributed by atoms with Gasteiger partial charge in [-0.1, -0.05) is 42.5 Å². The number of likely N-dealkylation sites (tertiary alicyclic amines) is 1. The molecule has 2 aliphatic heterocycles. The number of aromatic hydroxyl groups is 1. The van der Waals surface area contributed by atoms with E-state index in [9.17, 15) is 24.3 Å². The molecule has 6 rings (SSSR count). The zero-order valence-electron chi connectivity index (χ0n) is 21.8. The lowest BCUT2D eigenvalue weighted by molar-refractivity contribution is -0.138. The molecule has 40 heavy (non-hydrogen) atoms. The molecule has 8 nitrogen and oxygen atoms in total. The fraction of sp³-hybridized carbons (Fsp3) is 0.333. The number of phenolic OH excluding ortho intramolecular Hbond substituents is 1. The Hall–Kier alpha value is -3.62. The van der Waals surface area contributed by atoms with Gasteiger partial charge in [0, 0.05) is 18.5 Å². The second kappa shape index (κ2) is 8.94. The van der Waals surface area contributed by atoms with Crippen LogP contribution in [-0.4, -0.2) is 57.5 Å². The van der Waals surface area contributed by atoms with E-state index in [1.54, 1.807) is 42.5 Å². The van der Waals surface area contributed by atoms with Crippen LogP contribution in [-0.2, 0) is 19.2 Å². The number of halogens is 2. The molecule has 0 spiro atoms. The van der Waals surface area contributed by atoms with E-state index < -0.39 is 51.1 Å². The molecule has 0 radical (unpaired) electrons. The lowest BCUT2D eigenvalue weighted by Gasteiger charge is -2.50. The molecule has 1 N–H and O–H groups in total. The number of rotatable bonds is 4. The number of anilines is 1. The smallest absolute Gasteiger partial charge is 0.253 e. The first-order valence-electron chi connectivity index (χ1n) is 12.9. The fourth-order valence-corrected chi connectivity index (χ4v) is 8.08. The zero-order chi connectivity index (χ0) is 28.7. The van der Waals surface area contributed by atoms with Crippen LogP contribution >= 0.6 is 23.2 Å². The summed E-state index contributed by atoms with van der Waals surface area (Å²) < 4.78 is 5.56. The van der Waals surface area contributed by atoms with Gasteiger partial charge in [0.2, 0.25) is 11.8 Å². The van der Waals surface area contributed by atoms with E-state index in [0.29, 0.717) is 11.3 Å². The van der Waals surface area contributed by atoms with Gasteiger partial charge < -0.3 is 9.84 Å². The predicted octanol–water partition coefficient (Wildman–Crippen LogP) is 4.24. The predicted molar refractivity (Wildman–Crippen MR) is 149 cm³/mol. The third kappa shape index (κ3) is 3.20. The van der Waals surface area contributed by atoms with Crippen molar-refractivity contribution in [3.63, 3.8) is 0 Å². The maximum absolute atomic E-state index is 14.0. The van der Waals surface area contributed by atoms with Gasteiger partial charge in [-0.05, 0) is 48.6 Å². The molecule has 2 heterocycles. The number of alkyl halides is 2. The Morgan fingerprint density at radius 1 is 1.02 bits per heavy atom. The van der Waals surface area contributed by atoms with Crippen LogP contribution in [0.25, 0.3) is 6.08 Å². The monoisotopic (exact) mass is 580 g/mol. The Balaban J connectivity index is 1.53. The van der Waals surface area contributed by atoms with Crippen molar-refractivity contribution in [3.05, 3.63) is 71.8 Å². The van der Waals surface area contributed by atoms with Gasteiger partial charge in [0.1, 0.15) is 11.5 Å². The number of allylic oxidation sites excluding steroid dienone is 2. The minimum atomic E-state index is -2.01. The lowest BCUT2D eigenvalue weighted by atomic mass is 9.56. The van der Waals surface area contributed by atoms with Gasteiger partial charge in [0.25, 0.3) is 11.8 Å². The van der Waals surface area contributed by atoms with Gasteiger partial charge >= 0.3 is 0 Å². The number of fused-ring (bicyclic) bond motifs is 4. The SMILES string of the molecule is C=Cc1ccc(N2C(=O)C3CC=C4C(CC5(Cl)C(=O)N(C)C(=O)C5(Cl)C4c4c(O)cccc4OC)C3C2=O)cc1. The number of imide groups is 2. The van der Waals surface area contributed by atoms with Crippen molar-refractivity contribution < 1.29 is 29.0 Å². The Labute approximate surface area is 240 Å². The Morgan fingerprint density at radius 2 is 1.73 bits per heavy atom. The maximum Gasteiger partial charge on any atom is 0.253 e. The molecule has 1 saturated carbocycles. The van der Waals surface area contributed by atoms with E-state index in [1.807, 2.05) is 6.08 Å². The average Bonchev–Trinajstić information content (AvgIpc) is 3.28. The van der Waals surface area contributed by atoms with Crippen LogP contribution in [0.15, 0.2) is 60.7 Å². The number of carbonyl (C=O) groups is 4. The Morgan fingerprint density at radius 3 is 2.38 bits per heavy atom. The van der Waals surface area contributed by atoms with Gasteiger partial charge in [-0.2, -0.15) is 0 Å². The number of methoxy groups -OCH3 is 1. The van der Waals surface area contributed by atoms with Gasteiger partial charge in [-0.25, -0.2) is 0 Å². The van der Waals surface area contributed by atoms with Crippen LogP contribution in [0.1, 0.15) is 29.9 Å². The van der Waals surface area contributed by atoms with E-state index >= 15 is 0 Å². The fourth-order valence-electron chi connectivity index (χ4n) is 7.08. The zero-order valence-corrected chi connectivity index (χ0v) is 23.3. The van der Waals surface area contributed by atoms with Crippen molar-refractivity contribution in [1.29, 1.82) is 0 Å². The van der Waals surface area contributed by atoms with Crippen LogP contribution in [0.4, 0.5) is 5.69 Å². The quantitative estimate of drug-likeness (QED) is 0.329. The number of amides is 4. The first kappa shape index (κ1) is 26.6. The van der Waals surface area contributed by atoms with Crippen molar-refractivity contribution in [3.8, 4) is 11.5 Å². The Bertz CT molecular complexity index is 1540. The van der Waals surface area contributed by atoms with Crippen LogP contribution in [0, 0.1) is 17.8 Å². The molecule has 4 aliphatic rings. The Kier molecular flexibility index (Phi) is 5.95. The van der Waals surface area contributed by atoms with Gasteiger partial charge in [-0.3, -0.25) is 29.0 Å². The number of ether oxygens (including phenoxy) is 1. The number of benzene rings is 2. The standard InChI is InChI=1S/C30H26Cl2N2O6/c1-4-15-8-10-16(11-9-15)34-25(36)18-13-12-17-19(22(18)26(34)37)14-29(31)27(38)33(2)28(39)30(29,32)24(17)23-20(35)6-5-7-21(23)40-3/h4-12,18-19,22,24,35H,1,13-14H2,2-3H3. The molecule has 206 valence electrons. The summed E-state index contributed by atoms with van der Waals surface area (Å²) in [6, 6.07) is 11.6. The molecule has 0 bridgehead atoms. The van der Waals surface area contributed by atoms with Crippen molar-refractivity contribution in [2.45, 2.75) is 28.5 Å². The van der Waals surface area contributed by atoms with Gasteiger partial charge in [0.15, 0.2) is 9.75 Å². The van der Waals surface area contributed by atoms with Crippen molar-refractivity contribution in [2.75, 3.05) is 19.1 Å². The number of carbonyl (C=O) groups excluding carboxylic acids is 4. The highest BCUT2D eigenvalue weighted by atomic mass is 35.5. The highest BCUT2D eigenvalue weighted by Crippen LogP contribution is 2.66. The molecule has 10 heteroatoms. The third-order valence-corrected chi connectivity index (χ3v) is 10.4. The number of hydrogen-bond acceptors (Lipinski definition) is 6. The molecule has 2 aromatic carbocycles. The molecule has 4 amide bonds. The third-order valence-electron chi connectivity index (χ3n) is 8.95. The summed E-state index contributed by atoms with van der Waals surface area (Å²) in [5, 5.41) is 11.1. The number of hydrogen-bond donors (Lipinski definition) is 1. The van der Waals surface area contributed by atoms with E-state index in [0.717, 1.165) is 10.5 Å². The van der Waals surface area contributed by atoms with E-state index in [4.69, 9.17) is 27.9 Å². The molecular weight excluding hydrogens is 555 g/mol. The van der Waals surface area contributed by atoms with Crippen LogP contribution in [0.2, 0.25) is 0 Å². The molecular formula is C30H26Cl2N2O6. The molecule has 2 aliphatic carbocycles. The normalized spacial score (nSPS) is 33.0. The van der Waals surface area contributed by atoms with Gasteiger partial charge in [0.05, 0.1) is 24.6 Å². The number of phenols is 1. The highest BCUT2D eigenvalue weighted by Gasteiger charge is 2.76. The van der Waals surface area contributed by atoms with E-state index in [-0.39, 0.29) is 35.8 Å². The molecule has 6 unspecified atom stereocenters. The first-order valence-corrected chi connectivity index (χ1v) is 13.6. The van der Waals surface area contributed by atoms with Crippen LogP contribution < -0.4 is 9.64 Å². The second-order valence-electron chi connectivity index (χ2n) is 10.7. The van der Waals surface area contributed by atoms with Crippen LogP contribution in [0.5, 0.6) is 11.5 Å². The first-order chi connectivity index (χ1) is 19.0. The van der Waals surface area contributed by atoms with E-state index in [2.05, 4.69) is 6.58 Å². The van der Waals surface area contributed by atoms with E-state index in [1.165, 1.54) is 25.1 Å². The summed E-state index contributed by atoms with van der Waals surface area (Å²) in [5.41, 5.74) is 2.05. The lowest BCUT2D eigenvalue weighted by Crippen LogP contribution is -2.60. The molecule has 2 saturated heterocycles. The average molecular weight is 581 g/mol. The van der Waals surface area contributed by atoms with Crippen LogP contribution in [0.3, 0.4) is 0 Å². The van der Waals surface area contributed by atoms with Crippen molar-refractivity contribution in [1.82, 2.24) is 4.90 Å². The summed E-state index contributed by atoms with van der Waals surface area (Å²) in [5.74, 6) is -5.41.